The average molecular weight is 345 g/mol. The highest BCUT2D eigenvalue weighted by atomic mass is 15.2. The quantitative estimate of drug-likeness (QED) is 0.708. The Morgan fingerprint density at radius 1 is 1.00 bits per heavy atom. The molecule has 1 aromatic heterocycles. The number of nitrogens with zero attached hydrogens (tertiary/aromatic N) is 5. The van der Waals surface area contributed by atoms with Gasteiger partial charge in [0.1, 0.15) is 5.82 Å². The number of anilines is 3. The summed E-state index contributed by atoms with van der Waals surface area (Å²) in [6.07, 6.45) is 0. The molecule has 0 unspecified atom stereocenters. The lowest BCUT2D eigenvalue weighted by atomic mass is 10.2. The first-order chi connectivity index (χ1) is 12.6. The molecule has 0 radical (unpaired) electrons. The Morgan fingerprint density at radius 2 is 1.73 bits per heavy atom. The molecule has 7 heteroatoms. The lowest BCUT2D eigenvalue weighted by molar-refractivity contribution is 0.310. The molecule has 130 valence electrons. The van der Waals surface area contributed by atoms with Gasteiger partial charge in [-0.05, 0) is 36.9 Å². The number of hydrogen-bond acceptors (Lipinski definition) is 7. The topological polar surface area (TPSA) is 104 Å². The first-order valence-electron chi connectivity index (χ1n) is 8.12. The summed E-state index contributed by atoms with van der Waals surface area (Å²) >= 11 is 0. The zero-order chi connectivity index (χ0) is 18.4. The molecule has 0 spiro atoms. The van der Waals surface area contributed by atoms with Crippen molar-refractivity contribution in [3.05, 3.63) is 71.5 Å². The summed E-state index contributed by atoms with van der Waals surface area (Å²) in [6, 6.07) is 19.3. The number of nitrogen functional groups attached to an aromatic ring is 1. The van der Waals surface area contributed by atoms with Crippen LogP contribution in [0.2, 0.25) is 0 Å². The summed E-state index contributed by atoms with van der Waals surface area (Å²) in [5, 5.41) is 11.9. The van der Waals surface area contributed by atoms with E-state index in [-0.39, 0.29) is 5.95 Å². The molecule has 1 heterocycles. The summed E-state index contributed by atoms with van der Waals surface area (Å²) in [6.45, 7) is 1.33. The first-order valence-corrected chi connectivity index (χ1v) is 8.12. The summed E-state index contributed by atoms with van der Waals surface area (Å²) in [5.41, 5.74) is 8.41. The highest BCUT2D eigenvalue weighted by Crippen LogP contribution is 2.15. The SMILES string of the molecule is CN(Cc1ccccc1)Cc1nc(N)nc(Nc2ccc(C#N)cc2)n1. The van der Waals surface area contributed by atoms with Crippen LogP contribution in [-0.2, 0) is 13.1 Å². The molecule has 0 aliphatic rings. The maximum atomic E-state index is 8.86. The van der Waals surface area contributed by atoms with E-state index in [0.717, 1.165) is 12.2 Å². The van der Waals surface area contributed by atoms with E-state index in [0.29, 0.717) is 23.9 Å². The van der Waals surface area contributed by atoms with Gasteiger partial charge in [0.2, 0.25) is 11.9 Å². The molecule has 7 nitrogen and oxygen atoms in total. The minimum absolute atomic E-state index is 0.166. The Hall–Kier alpha value is -3.50. The predicted octanol–water partition coefficient (Wildman–Crippen LogP) is 2.70. The summed E-state index contributed by atoms with van der Waals surface area (Å²) in [4.78, 5) is 14.9. The van der Waals surface area contributed by atoms with E-state index in [1.807, 2.05) is 25.2 Å². The van der Waals surface area contributed by atoms with Crippen molar-refractivity contribution < 1.29 is 0 Å². The number of aromatic nitrogens is 3. The van der Waals surface area contributed by atoms with E-state index in [2.05, 4.69) is 43.4 Å². The molecule has 26 heavy (non-hydrogen) atoms. The lowest BCUT2D eigenvalue weighted by Gasteiger charge is -2.16. The highest BCUT2D eigenvalue weighted by Gasteiger charge is 2.08. The van der Waals surface area contributed by atoms with Crippen molar-refractivity contribution in [2.24, 2.45) is 0 Å². The predicted molar refractivity (Wildman–Crippen MR) is 100 cm³/mol. The minimum Gasteiger partial charge on any atom is -0.368 e. The molecule has 0 aliphatic carbocycles. The molecule has 0 saturated carbocycles. The van der Waals surface area contributed by atoms with Crippen LogP contribution in [0.4, 0.5) is 17.6 Å². The molecule has 3 rings (SSSR count). The maximum absolute atomic E-state index is 8.86. The van der Waals surface area contributed by atoms with E-state index >= 15 is 0 Å². The van der Waals surface area contributed by atoms with Gasteiger partial charge in [0.15, 0.2) is 0 Å². The fraction of sp³-hybridized carbons (Fsp3) is 0.158. The second-order valence-electron chi connectivity index (χ2n) is 5.91. The minimum atomic E-state index is 0.166. The smallest absolute Gasteiger partial charge is 0.232 e. The molecule has 2 aromatic carbocycles. The third kappa shape index (κ3) is 4.75. The van der Waals surface area contributed by atoms with Gasteiger partial charge in [0.25, 0.3) is 0 Å². The van der Waals surface area contributed by atoms with Gasteiger partial charge in [-0.3, -0.25) is 4.90 Å². The Morgan fingerprint density at radius 3 is 2.42 bits per heavy atom. The van der Waals surface area contributed by atoms with Crippen molar-refractivity contribution in [2.75, 3.05) is 18.1 Å². The standard InChI is InChI=1S/C19H19N7/c1-26(12-15-5-3-2-4-6-15)13-17-23-18(21)25-19(24-17)22-16-9-7-14(11-20)8-10-16/h2-10H,12-13H2,1H3,(H3,21,22,23,24,25). The summed E-state index contributed by atoms with van der Waals surface area (Å²) < 4.78 is 0. The zero-order valence-corrected chi connectivity index (χ0v) is 14.4. The van der Waals surface area contributed by atoms with E-state index in [1.165, 1.54) is 5.56 Å². The van der Waals surface area contributed by atoms with Crippen molar-refractivity contribution >= 4 is 17.6 Å². The van der Waals surface area contributed by atoms with Gasteiger partial charge in [0.05, 0.1) is 18.2 Å². The van der Waals surface area contributed by atoms with Crippen LogP contribution in [-0.4, -0.2) is 26.9 Å². The van der Waals surface area contributed by atoms with Gasteiger partial charge in [-0.25, -0.2) is 0 Å². The van der Waals surface area contributed by atoms with Crippen LogP contribution < -0.4 is 11.1 Å². The van der Waals surface area contributed by atoms with Crippen molar-refractivity contribution in [3.63, 3.8) is 0 Å². The largest absolute Gasteiger partial charge is 0.368 e. The monoisotopic (exact) mass is 345 g/mol. The number of nitriles is 1. The molecule has 0 aliphatic heterocycles. The van der Waals surface area contributed by atoms with Gasteiger partial charge in [-0.2, -0.15) is 20.2 Å². The lowest BCUT2D eigenvalue weighted by Crippen LogP contribution is -2.20. The Balaban J connectivity index is 1.69. The zero-order valence-electron chi connectivity index (χ0n) is 14.4. The number of benzene rings is 2. The van der Waals surface area contributed by atoms with Crippen LogP contribution in [0.5, 0.6) is 0 Å². The normalized spacial score (nSPS) is 10.5. The Labute approximate surface area is 152 Å². The maximum Gasteiger partial charge on any atom is 0.232 e. The highest BCUT2D eigenvalue weighted by molar-refractivity contribution is 5.55. The summed E-state index contributed by atoms with van der Waals surface area (Å²) in [5.74, 6) is 1.14. The van der Waals surface area contributed by atoms with Crippen LogP contribution in [0.15, 0.2) is 54.6 Å². The van der Waals surface area contributed by atoms with Crippen molar-refractivity contribution in [3.8, 4) is 6.07 Å². The van der Waals surface area contributed by atoms with E-state index in [9.17, 15) is 0 Å². The van der Waals surface area contributed by atoms with Gasteiger partial charge in [-0.15, -0.1) is 0 Å². The molecule has 0 bridgehead atoms. The van der Waals surface area contributed by atoms with E-state index in [4.69, 9.17) is 11.0 Å². The fourth-order valence-electron chi connectivity index (χ4n) is 2.51. The van der Waals surface area contributed by atoms with Crippen LogP contribution >= 0.6 is 0 Å². The number of nitrogens with one attached hydrogen (secondary N) is 1. The van der Waals surface area contributed by atoms with Crippen molar-refractivity contribution in [1.82, 2.24) is 19.9 Å². The van der Waals surface area contributed by atoms with Crippen LogP contribution in [0.1, 0.15) is 17.0 Å². The van der Waals surface area contributed by atoms with Crippen LogP contribution in [0.25, 0.3) is 0 Å². The second kappa shape index (κ2) is 8.05. The molecule has 0 amide bonds. The molecule has 3 N–H and O–H groups in total. The van der Waals surface area contributed by atoms with Crippen LogP contribution in [0.3, 0.4) is 0 Å². The van der Waals surface area contributed by atoms with Crippen molar-refractivity contribution in [2.45, 2.75) is 13.1 Å². The van der Waals surface area contributed by atoms with Gasteiger partial charge >= 0.3 is 0 Å². The van der Waals surface area contributed by atoms with E-state index < -0.39 is 0 Å². The van der Waals surface area contributed by atoms with Crippen LogP contribution in [0, 0.1) is 11.3 Å². The van der Waals surface area contributed by atoms with Gasteiger partial charge in [0, 0.05) is 12.2 Å². The fourth-order valence-corrected chi connectivity index (χ4v) is 2.51. The van der Waals surface area contributed by atoms with Crippen molar-refractivity contribution in [1.29, 1.82) is 5.26 Å². The molecule has 0 saturated heterocycles. The molecular formula is C19H19N7. The molecule has 0 atom stereocenters. The number of rotatable bonds is 6. The molecular weight excluding hydrogens is 326 g/mol. The summed E-state index contributed by atoms with van der Waals surface area (Å²) in [7, 11) is 2.00. The Kier molecular flexibility index (Phi) is 5.37. The molecule has 3 aromatic rings. The third-order valence-electron chi connectivity index (χ3n) is 3.68. The van der Waals surface area contributed by atoms with E-state index in [1.54, 1.807) is 24.3 Å². The van der Waals surface area contributed by atoms with Gasteiger partial charge < -0.3 is 11.1 Å². The number of hydrogen-bond donors (Lipinski definition) is 2. The van der Waals surface area contributed by atoms with Gasteiger partial charge in [-0.1, -0.05) is 30.3 Å². The Bertz CT molecular complexity index is 901. The molecule has 0 fully saturated rings. The first kappa shape index (κ1) is 17.3. The number of nitrogens with two attached hydrogens (primary N) is 1. The average Bonchev–Trinajstić information content (AvgIpc) is 2.62. The third-order valence-corrected chi connectivity index (χ3v) is 3.68. The second-order valence-corrected chi connectivity index (χ2v) is 5.91.